The average Bonchev–Trinajstić information content (AvgIpc) is 3.04. The van der Waals surface area contributed by atoms with Crippen LogP contribution in [0.4, 0.5) is 16.0 Å². The summed E-state index contributed by atoms with van der Waals surface area (Å²) < 4.78 is 51.6. The van der Waals surface area contributed by atoms with Gasteiger partial charge in [-0.2, -0.15) is 18.0 Å². The Bertz CT molecular complexity index is 1860. The minimum absolute atomic E-state index is 0.0564. The second-order valence-corrected chi connectivity index (χ2v) is 11.8. The number of halogens is 1. The van der Waals surface area contributed by atoms with Crippen LogP contribution >= 0.6 is 0 Å². The van der Waals surface area contributed by atoms with Crippen molar-refractivity contribution < 1.29 is 17.5 Å². The maximum Gasteiger partial charge on any atom is 0.301 e. The normalized spacial score (nSPS) is 16.1. The molecule has 0 unspecified atom stereocenters. The van der Waals surface area contributed by atoms with Crippen LogP contribution in [0.5, 0.6) is 11.5 Å². The van der Waals surface area contributed by atoms with Crippen LogP contribution in [0, 0.1) is 17.1 Å². The van der Waals surface area contributed by atoms with Gasteiger partial charge in [0.1, 0.15) is 23.7 Å². The van der Waals surface area contributed by atoms with Crippen LogP contribution in [0.15, 0.2) is 53.8 Å². The van der Waals surface area contributed by atoms with Gasteiger partial charge in [-0.15, -0.1) is 0 Å². The molecule has 0 bridgehead atoms. The number of fused-ring (bicyclic) bond motifs is 1. The zero-order valence-corrected chi connectivity index (χ0v) is 23.8. The third kappa shape index (κ3) is 5.85. The topological polar surface area (TPSA) is 158 Å². The number of piperazine rings is 1. The summed E-state index contributed by atoms with van der Waals surface area (Å²) in [5, 5.41) is 13.3. The highest BCUT2D eigenvalue weighted by Crippen LogP contribution is 2.34. The van der Waals surface area contributed by atoms with E-state index in [0.29, 0.717) is 30.2 Å². The summed E-state index contributed by atoms with van der Waals surface area (Å²) in [6.07, 6.45) is 6.87. The number of hydrogen-bond acceptors (Lipinski definition) is 10. The number of rotatable bonds is 7. The van der Waals surface area contributed by atoms with E-state index in [1.54, 1.807) is 12.4 Å². The molecule has 0 amide bonds. The summed E-state index contributed by atoms with van der Waals surface area (Å²) in [5.41, 5.74) is -0.0883. The Labute approximate surface area is 246 Å². The first-order valence-corrected chi connectivity index (χ1v) is 15.3. The van der Waals surface area contributed by atoms with Crippen LogP contribution in [-0.4, -0.2) is 71.5 Å². The van der Waals surface area contributed by atoms with Crippen molar-refractivity contribution in [2.45, 2.75) is 19.3 Å². The van der Waals surface area contributed by atoms with E-state index >= 15 is 0 Å². The Kier molecular flexibility index (Phi) is 7.89. The molecule has 4 aromatic rings. The number of nitrogens with zero attached hydrogens (tertiary/aromatic N) is 7. The Morgan fingerprint density at radius 1 is 1.00 bits per heavy atom. The van der Waals surface area contributed by atoms with E-state index in [-0.39, 0.29) is 22.4 Å². The van der Waals surface area contributed by atoms with Crippen molar-refractivity contribution in [3.05, 3.63) is 70.8 Å². The lowest BCUT2D eigenvalue weighted by Gasteiger charge is -2.27. The van der Waals surface area contributed by atoms with Crippen LogP contribution < -0.4 is 25.2 Å². The van der Waals surface area contributed by atoms with E-state index in [9.17, 15) is 22.9 Å². The molecule has 2 aromatic heterocycles. The summed E-state index contributed by atoms with van der Waals surface area (Å²) in [6, 6.07) is 8.46. The first-order valence-electron chi connectivity index (χ1n) is 13.8. The zero-order chi connectivity index (χ0) is 30.0. The second kappa shape index (κ2) is 11.9. The van der Waals surface area contributed by atoms with Crippen LogP contribution in [0.1, 0.15) is 24.8 Å². The van der Waals surface area contributed by atoms with Gasteiger partial charge >= 0.3 is 10.2 Å². The Morgan fingerprint density at radius 2 is 1.74 bits per heavy atom. The Morgan fingerprint density at radius 3 is 2.47 bits per heavy atom. The van der Waals surface area contributed by atoms with Crippen molar-refractivity contribution in [1.29, 1.82) is 5.26 Å². The summed E-state index contributed by atoms with van der Waals surface area (Å²) in [7, 11) is -3.96. The molecule has 0 saturated carbocycles. The molecule has 13 nitrogen and oxygen atoms in total. The maximum atomic E-state index is 15.0. The zero-order valence-electron chi connectivity index (χ0n) is 23.0. The van der Waals surface area contributed by atoms with E-state index in [1.807, 2.05) is 11.0 Å². The van der Waals surface area contributed by atoms with Gasteiger partial charge in [-0.25, -0.2) is 19.3 Å². The number of ether oxygens (including phenoxy) is 1. The quantitative estimate of drug-likeness (QED) is 0.321. The smallest absolute Gasteiger partial charge is 0.301 e. The standard InChI is InChI=1S/C28H28FN9O4S/c29-23-5-7-25(35-43(40,41)37-10-2-1-3-11-37)22(15-30)26(23)42-20-4-6-24-21(14-20)27(39)38(18-34-24)19-16-32-28(33-17-19)36-12-8-31-9-13-36/h4-7,14,16-18,31,35H,1-3,8-13H2. The van der Waals surface area contributed by atoms with Crippen molar-refractivity contribution >= 4 is 32.7 Å². The highest BCUT2D eigenvalue weighted by atomic mass is 32.2. The fraction of sp³-hybridized carbons (Fsp3) is 0.321. The monoisotopic (exact) mass is 605 g/mol. The molecule has 6 rings (SSSR count). The summed E-state index contributed by atoms with van der Waals surface area (Å²) in [5.74, 6) is -0.718. The molecular formula is C28H28FN9O4S. The SMILES string of the molecule is N#Cc1c(NS(=O)(=O)N2CCCCC2)ccc(F)c1Oc1ccc2ncn(-c3cnc(N4CCNCC4)nc3)c(=O)c2c1. The Balaban J connectivity index is 1.29. The largest absolute Gasteiger partial charge is 0.453 e. The van der Waals surface area contributed by atoms with Gasteiger partial charge in [0.15, 0.2) is 11.6 Å². The molecule has 15 heteroatoms. The van der Waals surface area contributed by atoms with Gasteiger partial charge in [0.05, 0.1) is 34.7 Å². The van der Waals surface area contributed by atoms with Gasteiger partial charge in [0, 0.05) is 39.3 Å². The maximum absolute atomic E-state index is 15.0. The number of nitriles is 1. The molecule has 2 saturated heterocycles. The van der Waals surface area contributed by atoms with E-state index in [2.05, 4.69) is 25.0 Å². The lowest BCUT2D eigenvalue weighted by Crippen LogP contribution is -2.44. The molecule has 0 aliphatic carbocycles. The van der Waals surface area contributed by atoms with Crippen molar-refractivity contribution in [3.8, 4) is 23.3 Å². The van der Waals surface area contributed by atoms with Gasteiger partial charge in [0.2, 0.25) is 5.95 Å². The van der Waals surface area contributed by atoms with Gasteiger partial charge in [-0.1, -0.05) is 6.42 Å². The molecular weight excluding hydrogens is 577 g/mol. The molecule has 4 heterocycles. The number of piperidine rings is 1. The fourth-order valence-electron chi connectivity index (χ4n) is 5.10. The number of nitrogens with one attached hydrogen (secondary N) is 2. The molecule has 0 atom stereocenters. The van der Waals surface area contributed by atoms with Gasteiger partial charge in [0.25, 0.3) is 5.56 Å². The summed E-state index contributed by atoms with van der Waals surface area (Å²) in [6.45, 7) is 3.94. The summed E-state index contributed by atoms with van der Waals surface area (Å²) in [4.78, 5) is 28.7. The van der Waals surface area contributed by atoms with Gasteiger partial charge in [-0.05, 0) is 43.2 Å². The molecule has 2 fully saturated rings. The number of benzene rings is 2. The van der Waals surface area contributed by atoms with Crippen molar-refractivity contribution in [3.63, 3.8) is 0 Å². The second-order valence-electron chi connectivity index (χ2n) is 10.2. The van der Waals surface area contributed by atoms with E-state index < -0.39 is 27.3 Å². The molecule has 2 aliphatic heterocycles. The van der Waals surface area contributed by atoms with Crippen molar-refractivity contribution in [2.75, 3.05) is 48.9 Å². The predicted octanol–water partition coefficient (Wildman–Crippen LogP) is 2.53. The van der Waals surface area contributed by atoms with Crippen LogP contribution in [0.25, 0.3) is 16.6 Å². The molecule has 0 radical (unpaired) electrons. The minimum Gasteiger partial charge on any atom is -0.453 e. The van der Waals surface area contributed by atoms with E-state index in [4.69, 9.17) is 4.74 Å². The number of hydrogen-bond donors (Lipinski definition) is 2. The predicted molar refractivity (Wildman–Crippen MR) is 157 cm³/mol. The first-order chi connectivity index (χ1) is 20.8. The van der Waals surface area contributed by atoms with E-state index in [1.165, 1.54) is 39.5 Å². The minimum atomic E-state index is -3.96. The number of anilines is 2. The van der Waals surface area contributed by atoms with Crippen LogP contribution in [0.2, 0.25) is 0 Å². The Hall–Kier alpha value is -4.65. The molecule has 0 spiro atoms. The summed E-state index contributed by atoms with van der Waals surface area (Å²) >= 11 is 0. The fourth-order valence-corrected chi connectivity index (χ4v) is 6.41. The molecule has 222 valence electrons. The average molecular weight is 606 g/mol. The van der Waals surface area contributed by atoms with Gasteiger partial charge in [-0.3, -0.25) is 14.1 Å². The first kappa shape index (κ1) is 28.5. The van der Waals surface area contributed by atoms with Crippen LogP contribution in [0.3, 0.4) is 0 Å². The van der Waals surface area contributed by atoms with Gasteiger partial charge < -0.3 is 15.0 Å². The highest BCUT2D eigenvalue weighted by molar-refractivity contribution is 7.90. The lowest BCUT2D eigenvalue weighted by molar-refractivity contribution is 0.349. The highest BCUT2D eigenvalue weighted by Gasteiger charge is 2.26. The molecule has 2 aromatic carbocycles. The third-order valence-electron chi connectivity index (χ3n) is 7.37. The van der Waals surface area contributed by atoms with E-state index in [0.717, 1.165) is 51.5 Å². The molecule has 43 heavy (non-hydrogen) atoms. The third-order valence-corrected chi connectivity index (χ3v) is 8.89. The molecule has 2 aliphatic rings. The van der Waals surface area contributed by atoms with Crippen molar-refractivity contribution in [1.82, 2.24) is 29.1 Å². The van der Waals surface area contributed by atoms with Crippen LogP contribution in [-0.2, 0) is 10.2 Å². The number of aromatic nitrogens is 4. The van der Waals surface area contributed by atoms with Crippen molar-refractivity contribution in [2.24, 2.45) is 0 Å². The molecule has 2 N–H and O–H groups in total. The lowest BCUT2D eigenvalue weighted by atomic mass is 10.1.